The van der Waals surface area contributed by atoms with Crippen LogP contribution in [0.15, 0.2) is 57.4 Å². The van der Waals surface area contributed by atoms with E-state index in [2.05, 4.69) is 15.8 Å². The van der Waals surface area contributed by atoms with Gasteiger partial charge in [-0.25, -0.2) is 14.7 Å². The molecule has 0 saturated heterocycles. The van der Waals surface area contributed by atoms with Crippen molar-refractivity contribution in [1.82, 2.24) is 10.7 Å². The van der Waals surface area contributed by atoms with Crippen LogP contribution < -0.4 is 16.0 Å². The first-order valence-corrected chi connectivity index (χ1v) is 8.48. The van der Waals surface area contributed by atoms with Crippen molar-refractivity contribution in [3.63, 3.8) is 0 Å². The molecule has 0 bridgehead atoms. The lowest BCUT2D eigenvalue weighted by Crippen LogP contribution is -2.35. The van der Waals surface area contributed by atoms with Gasteiger partial charge in [-0.05, 0) is 18.6 Å². The fourth-order valence-electron chi connectivity index (χ4n) is 1.94. The lowest BCUT2D eigenvalue weighted by Gasteiger charge is -2.11. The quantitative estimate of drug-likeness (QED) is 0.329. The molecule has 2 N–H and O–H groups in total. The van der Waals surface area contributed by atoms with Gasteiger partial charge in [0.1, 0.15) is 34.6 Å². The second-order valence-electron chi connectivity index (χ2n) is 4.98. The summed E-state index contributed by atoms with van der Waals surface area (Å²) in [7, 11) is 1.40. The van der Waals surface area contributed by atoms with E-state index in [4.69, 9.17) is 12.4 Å². The minimum Gasteiger partial charge on any atom is -0.435 e. The first-order chi connectivity index (χ1) is 13.0. The van der Waals surface area contributed by atoms with Crippen LogP contribution in [0.5, 0.6) is 0 Å². The van der Waals surface area contributed by atoms with Crippen molar-refractivity contribution in [3.05, 3.63) is 53.6 Å². The number of amides is 2. The Kier molecular flexibility index (Phi) is 8.16. The Bertz CT molecular complexity index is 798. The number of anilines is 1. The van der Waals surface area contributed by atoms with Crippen LogP contribution in [-0.2, 0) is 17.6 Å². The molecular weight excluding hydrogens is 474 g/mol. The van der Waals surface area contributed by atoms with E-state index in [0.717, 1.165) is 5.23 Å². The molecule has 0 spiro atoms. The number of halogens is 2. The Hall–Kier alpha value is -2.51. The first kappa shape index (κ1) is 20.8. The fourth-order valence-corrected chi connectivity index (χ4v) is 2.30. The highest BCUT2D eigenvalue weighted by molar-refractivity contribution is 14.1. The number of allylic oxidation sites excluding steroid dienone is 5. The zero-order valence-corrected chi connectivity index (χ0v) is 16.3. The van der Waals surface area contributed by atoms with Crippen LogP contribution in [0.25, 0.3) is 0 Å². The maximum atomic E-state index is 13.7. The summed E-state index contributed by atoms with van der Waals surface area (Å²) in [6, 6.07) is 3.15. The van der Waals surface area contributed by atoms with E-state index in [-0.39, 0.29) is 24.4 Å². The molecule has 11 heteroatoms. The zero-order chi connectivity index (χ0) is 19.6. The highest BCUT2D eigenvalue weighted by atomic mass is 127. The lowest BCUT2D eigenvalue weighted by atomic mass is 10.1. The topological polar surface area (TPSA) is 105 Å². The Morgan fingerprint density at radius 2 is 2.26 bits per heavy atom. The van der Waals surface area contributed by atoms with Crippen LogP contribution >= 0.6 is 23.0 Å². The maximum absolute atomic E-state index is 13.7. The van der Waals surface area contributed by atoms with Gasteiger partial charge >= 0.3 is 0 Å². The van der Waals surface area contributed by atoms with E-state index in [0.29, 0.717) is 5.76 Å². The number of hydrogen-bond donors (Lipinski definition) is 2. The molecule has 0 fully saturated rings. The first-order valence-electron chi connectivity index (χ1n) is 7.60. The monoisotopic (exact) mass is 490 g/mol. The molecule has 0 aromatic carbocycles. The van der Waals surface area contributed by atoms with Crippen molar-refractivity contribution in [2.45, 2.75) is 6.42 Å². The predicted molar refractivity (Wildman–Crippen MR) is 103 cm³/mol. The van der Waals surface area contributed by atoms with Crippen molar-refractivity contribution in [1.29, 1.82) is 0 Å². The summed E-state index contributed by atoms with van der Waals surface area (Å²) in [5.74, 6) is -1.27. The zero-order valence-electron chi connectivity index (χ0n) is 14.1. The number of carbonyl (C=O) groups excluding carboxylic acids is 2. The molecule has 1 aliphatic rings. The van der Waals surface area contributed by atoms with Crippen molar-refractivity contribution in [2.24, 2.45) is 5.10 Å². The third kappa shape index (κ3) is 6.30. The smallest absolute Gasteiger partial charge is 0.259 e. The summed E-state index contributed by atoms with van der Waals surface area (Å²) in [5.41, 5.74) is 2.18. The number of nitrogens with zero attached hydrogens (tertiary/aromatic N) is 2. The third-order valence-corrected chi connectivity index (χ3v) is 3.54. The largest absolute Gasteiger partial charge is 0.435 e. The van der Waals surface area contributed by atoms with Gasteiger partial charge in [-0.1, -0.05) is 23.5 Å². The molecule has 27 heavy (non-hydrogen) atoms. The van der Waals surface area contributed by atoms with Gasteiger partial charge in [0.2, 0.25) is 5.88 Å². The molecule has 1 aliphatic carbocycles. The van der Waals surface area contributed by atoms with Gasteiger partial charge in [-0.3, -0.25) is 9.59 Å². The molecule has 2 rings (SSSR count). The van der Waals surface area contributed by atoms with E-state index in [1.165, 1.54) is 25.5 Å². The molecule has 0 saturated carbocycles. The molecule has 144 valence electrons. The Balaban J connectivity index is 1.81. The van der Waals surface area contributed by atoms with Crippen molar-refractivity contribution in [2.75, 3.05) is 18.9 Å². The summed E-state index contributed by atoms with van der Waals surface area (Å²) in [6.45, 7) is -0.357. The van der Waals surface area contributed by atoms with Gasteiger partial charge < -0.3 is 9.73 Å². The second-order valence-corrected chi connectivity index (χ2v) is 5.37. The van der Waals surface area contributed by atoms with E-state index in [9.17, 15) is 14.0 Å². The van der Waals surface area contributed by atoms with E-state index < -0.39 is 17.6 Å². The standard InChI is InChI=1S/C16H16FIN4O5/c1-25-22(27-18)15-8-7-11(26-15)9-20-21-14(23)10-19-16(24)12-5-3-2-4-6-13(12)17/h2-4,6-9H,5,10H2,1H3,(H,19,24)(H,21,23)/b20-9+. The minimum atomic E-state index is -0.656. The fraction of sp³-hybridized carbons (Fsp3) is 0.188. The second kappa shape index (κ2) is 10.6. The summed E-state index contributed by atoms with van der Waals surface area (Å²) in [6.07, 6.45) is 7.37. The molecule has 1 aromatic heterocycles. The summed E-state index contributed by atoms with van der Waals surface area (Å²) < 4.78 is 23.9. The lowest BCUT2D eigenvalue weighted by molar-refractivity contribution is -0.124. The number of hydrazone groups is 1. The van der Waals surface area contributed by atoms with Gasteiger partial charge in [-0.15, -0.1) is 0 Å². The average molecular weight is 490 g/mol. The van der Waals surface area contributed by atoms with E-state index >= 15 is 0 Å². The SMILES string of the molecule is CON(OI)c1ccc(/C=N/NC(=O)CNC(=O)C2=C(F)C=CC=CC2)o1. The van der Waals surface area contributed by atoms with Crippen LogP contribution in [0, 0.1) is 0 Å². The number of hydrogen-bond acceptors (Lipinski definition) is 7. The van der Waals surface area contributed by atoms with Gasteiger partial charge in [0, 0.05) is 6.07 Å². The third-order valence-electron chi connectivity index (χ3n) is 3.19. The van der Waals surface area contributed by atoms with Crippen LogP contribution in [0.2, 0.25) is 0 Å². The van der Waals surface area contributed by atoms with Crippen LogP contribution in [0.4, 0.5) is 10.3 Å². The predicted octanol–water partition coefficient (Wildman–Crippen LogP) is 2.24. The van der Waals surface area contributed by atoms with Gasteiger partial charge in [-0.2, -0.15) is 8.27 Å². The number of rotatable bonds is 8. The van der Waals surface area contributed by atoms with E-state index in [1.807, 2.05) is 0 Å². The Morgan fingerprint density at radius 1 is 1.44 bits per heavy atom. The van der Waals surface area contributed by atoms with Gasteiger partial charge in [0.25, 0.3) is 11.8 Å². The summed E-state index contributed by atoms with van der Waals surface area (Å²) >= 11 is 1.62. The molecule has 0 aliphatic heterocycles. The normalized spacial score (nSPS) is 13.7. The summed E-state index contributed by atoms with van der Waals surface area (Å²) in [4.78, 5) is 28.5. The summed E-state index contributed by atoms with van der Waals surface area (Å²) in [5, 5.41) is 7.07. The molecule has 2 amide bonds. The molecular formula is C16H16FIN4O5. The minimum absolute atomic E-state index is 0.0420. The number of nitrogens with one attached hydrogen (secondary N) is 2. The number of carbonyl (C=O) groups is 2. The van der Waals surface area contributed by atoms with Crippen LogP contribution in [-0.4, -0.2) is 31.7 Å². The van der Waals surface area contributed by atoms with E-state index in [1.54, 1.807) is 47.3 Å². The van der Waals surface area contributed by atoms with Gasteiger partial charge in [0.05, 0.1) is 25.4 Å². The van der Waals surface area contributed by atoms with Crippen molar-refractivity contribution in [3.8, 4) is 0 Å². The van der Waals surface area contributed by atoms with Crippen LogP contribution in [0.1, 0.15) is 12.2 Å². The molecule has 0 radical (unpaired) electrons. The molecule has 9 nitrogen and oxygen atoms in total. The Morgan fingerprint density at radius 3 is 3.00 bits per heavy atom. The number of furan rings is 1. The molecule has 1 heterocycles. The molecule has 0 atom stereocenters. The highest BCUT2D eigenvalue weighted by Gasteiger charge is 2.15. The van der Waals surface area contributed by atoms with Crippen molar-refractivity contribution < 1.29 is 26.4 Å². The highest BCUT2D eigenvalue weighted by Crippen LogP contribution is 2.19. The van der Waals surface area contributed by atoms with Crippen molar-refractivity contribution >= 4 is 46.9 Å². The molecule has 1 aromatic rings. The van der Waals surface area contributed by atoms with Gasteiger partial charge in [0.15, 0.2) is 0 Å². The average Bonchev–Trinajstić information content (AvgIpc) is 3.01. The molecule has 0 unspecified atom stereocenters. The maximum Gasteiger partial charge on any atom is 0.259 e. The Labute approximate surface area is 168 Å². The van der Waals surface area contributed by atoms with Crippen LogP contribution in [0.3, 0.4) is 0 Å².